The van der Waals surface area contributed by atoms with Gasteiger partial charge in [-0.1, -0.05) is 182 Å². The van der Waals surface area contributed by atoms with Gasteiger partial charge in [-0.05, 0) is 180 Å². The van der Waals surface area contributed by atoms with Gasteiger partial charge in [0, 0.05) is 72.0 Å². The molecule has 0 atom stereocenters. The van der Waals surface area contributed by atoms with E-state index in [0.29, 0.717) is 0 Å². The standard InChI is InChI=1S/C79H72BN3O2/c1-75(2,3)45-23-30-49(31-24-45)81(50-32-25-46(26-33-50)76(4,5)6)52-36-37-60-55(40-52)56-42-64-59(41-61(56)79(60,13)14)69-70-54-20-16-18-22-67(54)85-74(70)71-58-39-48(78(10,11)12)29-38-63(58)82-65-43-57-53-19-15-17-21-66(53)84-68(57)44-62(65)80(72(69)73(71)82)83(64)51-34-27-47(28-35-51)77(7,8)9/h15-44H,1-14H3. The maximum absolute atomic E-state index is 7.41. The van der Waals surface area contributed by atoms with Crippen molar-refractivity contribution in [1.29, 1.82) is 0 Å². The first-order chi connectivity index (χ1) is 40.4. The Morgan fingerprint density at radius 1 is 0.424 bits per heavy atom. The molecule has 0 saturated carbocycles. The number of rotatable bonds is 4. The molecule has 5 nitrogen and oxygen atoms in total. The Morgan fingerprint density at radius 2 is 0.976 bits per heavy atom. The Bertz CT molecular complexity index is 4940. The van der Waals surface area contributed by atoms with Crippen LogP contribution in [-0.4, -0.2) is 11.4 Å². The highest BCUT2D eigenvalue weighted by Crippen LogP contribution is 2.58. The second-order valence-electron chi connectivity index (χ2n) is 29.4. The number of nitrogens with zero attached hydrogens (tertiary/aromatic N) is 3. The van der Waals surface area contributed by atoms with Crippen LogP contribution in [0.25, 0.3) is 93.6 Å². The fraction of sp³-hybridized carbons (Fsp3) is 0.241. The van der Waals surface area contributed by atoms with Crippen LogP contribution in [0.3, 0.4) is 0 Å². The van der Waals surface area contributed by atoms with E-state index in [1.807, 2.05) is 0 Å². The van der Waals surface area contributed by atoms with Gasteiger partial charge >= 0.3 is 6.85 Å². The first-order valence-corrected chi connectivity index (χ1v) is 30.6. The lowest BCUT2D eigenvalue weighted by molar-refractivity contribution is 0.590. The quantitative estimate of drug-likeness (QED) is 0.165. The van der Waals surface area contributed by atoms with Crippen LogP contribution in [0.1, 0.15) is 130 Å². The number of anilines is 5. The molecule has 0 fully saturated rings. The maximum atomic E-state index is 7.41. The summed E-state index contributed by atoms with van der Waals surface area (Å²) in [5.74, 6) is 0. The van der Waals surface area contributed by atoms with Crippen molar-refractivity contribution < 1.29 is 8.83 Å². The summed E-state index contributed by atoms with van der Waals surface area (Å²) < 4.78 is 16.9. The highest BCUT2D eigenvalue weighted by atomic mass is 16.3. The monoisotopic (exact) mass is 1110 g/mol. The summed E-state index contributed by atoms with van der Waals surface area (Å²) >= 11 is 0. The Balaban J connectivity index is 1.03. The van der Waals surface area contributed by atoms with E-state index in [0.717, 1.165) is 72.3 Å². The summed E-state index contributed by atoms with van der Waals surface area (Å²) in [5, 5.41) is 6.89. The second-order valence-corrected chi connectivity index (χ2v) is 29.4. The number of fused-ring (bicyclic) bond motifs is 19. The van der Waals surface area contributed by atoms with E-state index < -0.39 is 0 Å². The van der Waals surface area contributed by atoms with Gasteiger partial charge in [0.15, 0.2) is 0 Å². The normalized spacial score (nSPS) is 14.5. The SMILES string of the molecule is CC(C)(C)c1ccc(N2B3c4cc5oc6ccccc6c5cc4-n4c5ccc(C(C)(C)C)cc5c5c6oc7ccccc7c6c(c3c54)-c3cc4c(cc32)-c2cc(N(c3ccc(C(C)(C)C)cc3)c3ccc(C(C)(C)C)cc3)ccc2C4(C)C)cc1. The van der Waals surface area contributed by atoms with Gasteiger partial charge in [-0.2, -0.15) is 0 Å². The van der Waals surface area contributed by atoms with Crippen molar-refractivity contribution in [2.45, 2.75) is 124 Å². The number of furan rings is 2. The topological polar surface area (TPSA) is 37.7 Å². The highest BCUT2D eigenvalue weighted by Gasteiger charge is 2.48. The number of para-hydroxylation sites is 2. The van der Waals surface area contributed by atoms with Crippen molar-refractivity contribution in [2.75, 3.05) is 9.71 Å². The van der Waals surface area contributed by atoms with Crippen molar-refractivity contribution >= 4 is 112 Å². The smallest absolute Gasteiger partial charge is 0.333 e. The Labute approximate surface area is 499 Å². The van der Waals surface area contributed by atoms with Crippen molar-refractivity contribution in [2.24, 2.45) is 0 Å². The summed E-state index contributed by atoms with van der Waals surface area (Å²) in [4.78, 5) is 5.15. The molecule has 10 aromatic carbocycles. The molecule has 0 spiro atoms. The summed E-state index contributed by atoms with van der Waals surface area (Å²) in [7, 11) is 0. The molecule has 0 amide bonds. The first-order valence-electron chi connectivity index (χ1n) is 30.6. The maximum Gasteiger partial charge on any atom is 0.333 e. The lowest BCUT2D eigenvalue weighted by atomic mass is 9.43. The molecule has 2 aliphatic heterocycles. The molecule has 3 aromatic heterocycles. The molecule has 6 heteroatoms. The van der Waals surface area contributed by atoms with E-state index in [1.165, 1.54) is 94.1 Å². The fourth-order valence-electron chi connectivity index (χ4n) is 14.9. The van der Waals surface area contributed by atoms with Gasteiger partial charge in [-0.15, -0.1) is 0 Å². The molecule has 418 valence electrons. The van der Waals surface area contributed by atoms with Crippen molar-refractivity contribution in [3.05, 3.63) is 215 Å². The van der Waals surface area contributed by atoms with Crippen molar-refractivity contribution in [1.82, 2.24) is 4.57 Å². The van der Waals surface area contributed by atoms with Gasteiger partial charge in [0.05, 0.1) is 16.4 Å². The van der Waals surface area contributed by atoms with Crippen molar-refractivity contribution in [3.63, 3.8) is 0 Å². The lowest BCUT2D eigenvalue weighted by Gasteiger charge is -2.42. The number of hydrogen-bond donors (Lipinski definition) is 0. The van der Waals surface area contributed by atoms with Crippen LogP contribution in [-0.2, 0) is 27.1 Å². The van der Waals surface area contributed by atoms with Crippen LogP contribution in [0.15, 0.2) is 191 Å². The minimum atomic E-state index is -0.335. The van der Waals surface area contributed by atoms with Gasteiger partial charge in [0.2, 0.25) is 0 Å². The van der Waals surface area contributed by atoms with Crippen LogP contribution in [0, 0.1) is 0 Å². The predicted octanol–water partition coefficient (Wildman–Crippen LogP) is 20.8. The molecular weight excluding hydrogens is 1030 g/mol. The van der Waals surface area contributed by atoms with Gasteiger partial charge < -0.3 is 23.1 Å². The highest BCUT2D eigenvalue weighted by molar-refractivity contribution is 6.94. The van der Waals surface area contributed by atoms with E-state index in [2.05, 4.69) is 293 Å². The van der Waals surface area contributed by atoms with E-state index in [1.54, 1.807) is 0 Å². The van der Waals surface area contributed by atoms with Gasteiger partial charge in [0.25, 0.3) is 0 Å². The number of hydrogen-bond acceptors (Lipinski definition) is 4. The molecule has 0 radical (unpaired) electrons. The Kier molecular flexibility index (Phi) is 10.5. The van der Waals surface area contributed by atoms with E-state index >= 15 is 0 Å². The van der Waals surface area contributed by atoms with Crippen LogP contribution in [0.4, 0.5) is 28.4 Å². The molecule has 85 heavy (non-hydrogen) atoms. The summed E-state index contributed by atoms with van der Waals surface area (Å²) in [6.45, 7) is 32.2. The third kappa shape index (κ3) is 7.42. The minimum Gasteiger partial charge on any atom is -0.456 e. The molecule has 0 bridgehead atoms. The van der Waals surface area contributed by atoms with E-state index in [-0.39, 0.29) is 33.9 Å². The zero-order valence-electron chi connectivity index (χ0n) is 51.6. The summed E-state index contributed by atoms with van der Waals surface area (Å²) in [6, 6.07) is 69.6. The zero-order valence-corrected chi connectivity index (χ0v) is 51.6. The van der Waals surface area contributed by atoms with Crippen molar-refractivity contribution in [3.8, 4) is 27.9 Å². The van der Waals surface area contributed by atoms with Crippen LogP contribution < -0.4 is 20.6 Å². The van der Waals surface area contributed by atoms with Crippen LogP contribution >= 0.6 is 0 Å². The van der Waals surface area contributed by atoms with Gasteiger partial charge in [-0.3, -0.25) is 0 Å². The third-order valence-corrected chi connectivity index (χ3v) is 19.6. The predicted molar refractivity (Wildman–Crippen MR) is 361 cm³/mol. The molecule has 0 unspecified atom stereocenters. The van der Waals surface area contributed by atoms with E-state index in [4.69, 9.17) is 8.83 Å². The number of benzene rings is 10. The average molecular weight is 1110 g/mol. The molecule has 16 rings (SSSR count). The third-order valence-electron chi connectivity index (χ3n) is 19.6. The second kappa shape index (κ2) is 17.2. The molecule has 13 aromatic rings. The molecule has 3 aliphatic rings. The minimum absolute atomic E-state index is 0.0270. The fourth-order valence-corrected chi connectivity index (χ4v) is 14.9. The average Bonchev–Trinajstić information content (AvgIpc) is 1.59. The van der Waals surface area contributed by atoms with Gasteiger partial charge in [-0.25, -0.2) is 0 Å². The zero-order chi connectivity index (χ0) is 58.8. The molecule has 0 N–H and O–H groups in total. The molecule has 0 saturated heterocycles. The molecule has 1 aliphatic carbocycles. The largest absolute Gasteiger partial charge is 0.456 e. The first kappa shape index (κ1) is 51.9. The van der Waals surface area contributed by atoms with E-state index in [9.17, 15) is 0 Å². The summed E-state index contributed by atoms with van der Waals surface area (Å²) in [6.07, 6.45) is 0. The number of aromatic nitrogens is 1. The molecular formula is C79H72BN3O2. The molecule has 5 heterocycles. The van der Waals surface area contributed by atoms with Gasteiger partial charge in [0.1, 0.15) is 22.3 Å². The Morgan fingerprint density at radius 3 is 1.60 bits per heavy atom. The van der Waals surface area contributed by atoms with Crippen LogP contribution in [0.2, 0.25) is 0 Å². The summed E-state index contributed by atoms with van der Waals surface area (Å²) in [5.41, 5.74) is 27.8. The lowest BCUT2D eigenvalue weighted by Crippen LogP contribution is -2.60. The Hall–Kier alpha value is -8.74. The van der Waals surface area contributed by atoms with Crippen LogP contribution in [0.5, 0.6) is 0 Å².